The normalized spacial score (nSPS) is 11.0. The first-order chi connectivity index (χ1) is 6.70. The lowest BCUT2D eigenvalue weighted by Crippen LogP contribution is -2.04. The summed E-state index contributed by atoms with van der Waals surface area (Å²) >= 11 is 5.08. The van der Waals surface area contributed by atoms with Crippen LogP contribution in [0.15, 0.2) is 16.6 Å². The standard InChI is InChI=1S/C9H10BrN3S/c1-12-4-8-13-9-6(11)2-5(10)3-7(9)14-8/h2-3,12H,4,11H2,1H3. The fourth-order valence-corrected chi connectivity index (χ4v) is 2.97. The molecule has 14 heavy (non-hydrogen) atoms. The van der Waals surface area contributed by atoms with Gasteiger partial charge in [-0.25, -0.2) is 4.98 Å². The average Bonchev–Trinajstić information content (AvgIpc) is 2.48. The minimum atomic E-state index is 0.730. The van der Waals surface area contributed by atoms with E-state index in [-0.39, 0.29) is 0 Å². The van der Waals surface area contributed by atoms with E-state index in [9.17, 15) is 0 Å². The summed E-state index contributed by atoms with van der Waals surface area (Å²) in [4.78, 5) is 4.45. The first-order valence-electron chi connectivity index (χ1n) is 4.19. The molecule has 0 unspecified atom stereocenters. The summed E-state index contributed by atoms with van der Waals surface area (Å²) in [5.74, 6) is 0. The molecule has 0 aliphatic heterocycles. The van der Waals surface area contributed by atoms with E-state index in [2.05, 4.69) is 26.2 Å². The predicted molar refractivity (Wildman–Crippen MR) is 64.5 cm³/mol. The van der Waals surface area contributed by atoms with Gasteiger partial charge in [-0.1, -0.05) is 15.9 Å². The third-order valence-corrected chi connectivity index (χ3v) is 3.32. The van der Waals surface area contributed by atoms with Gasteiger partial charge in [0.15, 0.2) is 0 Å². The van der Waals surface area contributed by atoms with Crippen molar-refractivity contribution in [1.29, 1.82) is 0 Å². The number of anilines is 1. The molecule has 5 heteroatoms. The van der Waals surface area contributed by atoms with Gasteiger partial charge < -0.3 is 11.1 Å². The van der Waals surface area contributed by atoms with Gasteiger partial charge in [0, 0.05) is 11.0 Å². The highest BCUT2D eigenvalue weighted by molar-refractivity contribution is 9.10. The molecule has 74 valence electrons. The SMILES string of the molecule is CNCc1nc2c(N)cc(Br)cc2s1. The van der Waals surface area contributed by atoms with Crippen LogP contribution in [0.5, 0.6) is 0 Å². The Morgan fingerprint density at radius 2 is 2.36 bits per heavy atom. The van der Waals surface area contributed by atoms with Gasteiger partial charge in [-0.2, -0.15) is 0 Å². The molecule has 0 saturated heterocycles. The Morgan fingerprint density at radius 1 is 1.57 bits per heavy atom. The van der Waals surface area contributed by atoms with Gasteiger partial charge in [0.2, 0.25) is 0 Å². The van der Waals surface area contributed by atoms with E-state index < -0.39 is 0 Å². The van der Waals surface area contributed by atoms with Crippen molar-refractivity contribution in [3.63, 3.8) is 0 Å². The van der Waals surface area contributed by atoms with Crippen molar-refractivity contribution in [2.24, 2.45) is 0 Å². The zero-order valence-corrected chi connectivity index (χ0v) is 10.1. The molecule has 1 aromatic carbocycles. The third kappa shape index (κ3) is 1.75. The maximum Gasteiger partial charge on any atom is 0.108 e. The van der Waals surface area contributed by atoms with E-state index in [0.717, 1.165) is 31.9 Å². The van der Waals surface area contributed by atoms with Crippen LogP contribution in [0.25, 0.3) is 10.2 Å². The molecule has 0 fully saturated rings. The molecule has 0 saturated carbocycles. The first-order valence-corrected chi connectivity index (χ1v) is 5.80. The molecule has 0 atom stereocenters. The number of benzene rings is 1. The zero-order valence-electron chi connectivity index (χ0n) is 7.67. The summed E-state index contributed by atoms with van der Waals surface area (Å²) in [6, 6.07) is 3.92. The highest BCUT2D eigenvalue weighted by atomic mass is 79.9. The highest BCUT2D eigenvalue weighted by Gasteiger charge is 2.06. The number of nitrogen functional groups attached to an aromatic ring is 1. The summed E-state index contributed by atoms with van der Waals surface area (Å²) in [6.45, 7) is 0.788. The van der Waals surface area contributed by atoms with Gasteiger partial charge in [-0.15, -0.1) is 11.3 Å². The quantitative estimate of drug-likeness (QED) is 0.825. The number of hydrogen-bond acceptors (Lipinski definition) is 4. The number of aromatic nitrogens is 1. The second-order valence-corrected chi connectivity index (χ2v) is 5.01. The molecule has 0 radical (unpaired) electrons. The number of fused-ring (bicyclic) bond motifs is 1. The summed E-state index contributed by atoms with van der Waals surface area (Å²) in [7, 11) is 1.91. The maximum absolute atomic E-state index is 5.86. The fourth-order valence-electron chi connectivity index (χ4n) is 1.29. The zero-order chi connectivity index (χ0) is 10.1. The Morgan fingerprint density at radius 3 is 3.07 bits per heavy atom. The second kappa shape index (κ2) is 3.84. The van der Waals surface area contributed by atoms with Crippen molar-refractivity contribution < 1.29 is 0 Å². The van der Waals surface area contributed by atoms with E-state index in [4.69, 9.17) is 5.73 Å². The van der Waals surface area contributed by atoms with Crippen molar-refractivity contribution in [3.05, 3.63) is 21.6 Å². The van der Waals surface area contributed by atoms with Gasteiger partial charge in [0.1, 0.15) is 10.5 Å². The molecule has 0 aliphatic carbocycles. The smallest absolute Gasteiger partial charge is 0.108 e. The number of halogens is 1. The van der Waals surface area contributed by atoms with Gasteiger partial charge in [0.25, 0.3) is 0 Å². The Labute approximate surface area is 94.5 Å². The Balaban J connectivity index is 2.58. The number of nitrogens with one attached hydrogen (secondary N) is 1. The number of thiazole rings is 1. The van der Waals surface area contributed by atoms with Crippen LogP contribution >= 0.6 is 27.3 Å². The van der Waals surface area contributed by atoms with Crippen LogP contribution in [0, 0.1) is 0 Å². The van der Waals surface area contributed by atoms with Crippen molar-refractivity contribution in [3.8, 4) is 0 Å². The van der Waals surface area contributed by atoms with Gasteiger partial charge in [-0.3, -0.25) is 0 Å². The monoisotopic (exact) mass is 271 g/mol. The number of hydrogen-bond donors (Lipinski definition) is 2. The van der Waals surface area contributed by atoms with E-state index in [1.165, 1.54) is 0 Å². The van der Waals surface area contributed by atoms with E-state index in [1.54, 1.807) is 11.3 Å². The van der Waals surface area contributed by atoms with Crippen LogP contribution in [0.2, 0.25) is 0 Å². The summed E-state index contributed by atoms with van der Waals surface area (Å²) in [5.41, 5.74) is 7.50. The average molecular weight is 272 g/mol. The second-order valence-electron chi connectivity index (χ2n) is 2.98. The summed E-state index contributed by atoms with van der Waals surface area (Å²) < 4.78 is 2.13. The molecule has 1 heterocycles. The van der Waals surface area contributed by atoms with Crippen molar-refractivity contribution in [2.45, 2.75) is 6.54 Å². The molecule has 2 rings (SSSR count). The molecule has 0 amide bonds. The Bertz CT molecular complexity index is 466. The molecule has 0 aliphatic rings. The molecular formula is C9H10BrN3S. The molecule has 1 aromatic heterocycles. The number of nitrogens with two attached hydrogens (primary N) is 1. The third-order valence-electron chi connectivity index (χ3n) is 1.86. The Kier molecular flexibility index (Phi) is 2.71. The van der Waals surface area contributed by atoms with Gasteiger partial charge in [0.05, 0.1) is 10.4 Å². The highest BCUT2D eigenvalue weighted by Crippen LogP contribution is 2.30. The maximum atomic E-state index is 5.86. The number of rotatable bonds is 2. The lowest BCUT2D eigenvalue weighted by atomic mass is 10.3. The molecule has 0 bridgehead atoms. The van der Waals surface area contributed by atoms with Crippen LogP contribution in [0.4, 0.5) is 5.69 Å². The summed E-state index contributed by atoms with van der Waals surface area (Å²) in [6.07, 6.45) is 0. The van der Waals surface area contributed by atoms with E-state index >= 15 is 0 Å². The predicted octanol–water partition coefficient (Wildman–Crippen LogP) is 2.36. The largest absolute Gasteiger partial charge is 0.397 e. The molecule has 3 N–H and O–H groups in total. The van der Waals surface area contributed by atoms with Crippen molar-refractivity contribution in [1.82, 2.24) is 10.3 Å². The Hall–Kier alpha value is -0.650. The van der Waals surface area contributed by atoms with E-state index in [1.807, 2.05) is 19.2 Å². The van der Waals surface area contributed by atoms with Crippen LogP contribution < -0.4 is 11.1 Å². The van der Waals surface area contributed by atoms with Gasteiger partial charge >= 0.3 is 0 Å². The minimum Gasteiger partial charge on any atom is -0.397 e. The van der Waals surface area contributed by atoms with E-state index in [0.29, 0.717) is 0 Å². The fraction of sp³-hybridized carbons (Fsp3) is 0.222. The molecule has 0 spiro atoms. The van der Waals surface area contributed by atoms with Crippen LogP contribution in [-0.4, -0.2) is 12.0 Å². The van der Waals surface area contributed by atoms with Crippen molar-refractivity contribution in [2.75, 3.05) is 12.8 Å². The van der Waals surface area contributed by atoms with Crippen LogP contribution in [0.3, 0.4) is 0 Å². The molecular weight excluding hydrogens is 262 g/mol. The van der Waals surface area contributed by atoms with Gasteiger partial charge in [-0.05, 0) is 19.2 Å². The van der Waals surface area contributed by atoms with Crippen molar-refractivity contribution >= 4 is 43.2 Å². The molecule has 2 aromatic rings. The number of nitrogens with zero attached hydrogens (tertiary/aromatic N) is 1. The lowest BCUT2D eigenvalue weighted by Gasteiger charge is -1.94. The summed E-state index contributed by atoms with van der Waals surface area (Å²) in [5, 5.41) is 4.14. The minimum absolute atomic E-state index is 0.730. The molecule has 3 nitrogen and oxygen atoms in total. The first kappa shape index (κ1) is 9.89. The van der Waals surface area contributed by atoms with Crippen LogP contribution in [0.1, 0.15) is 5.01 Å². The topological polar surface area (TPSA) is 50.9 Å². The lowest BCUT2D eigenvalue weighted by molar-refractivity contribution is 0.812. The van der Waals surface area contributed by atoms with Crippen LogP contribution in [-0.2, 0) is 6.54 Å².